The van der Waals surface area contributed by atoms with Gasteiger partial charge in [0.25, 0.3) is 8.32 Å². The molecule has 0 saturated heterocycles. The smallest absolute Gasteiger partial charge is 0.331 e. The van der Waals surface area contributed by atoms with E-state index in [1.807, 2.05) is 12.1 Å². The van der Waals surface area contributed by atoms with Crippen LogP contribution < -0.4 is 10.4 Å². The van der Waals surface area contributed by atoms with Gasteiger partial charge in [-0.15, -0.1) is 0 Å². The van der Waals surface area contributed by atoms with E-state index < -0.39 is 26.5 Å². The molecule has 0 fully saturated rings. The van der Waals surface area contributed by atoms with Crippen molar-refractivity contribution in [3.63, 3.8) is 0 Å². The fourth-order valence-electron chi connectivity index (χ4n) is 4.04. The molecular formula is C24H30O4Si. The van der Waals surface area contributed by atoms with Crippen molar-refractivity contribution in [1.82, 2.24) is 0 Å². The number of hydrogen-bond donors (Lipinski definition) is 1. The van der Waals surface area contributed by atoms with E-state index in [0.29, 0.717) is 19.4 Å². The van der Waals surface area contributed by atoms with Crippen LogP contribution in [0.5, 0.6) is 0 Å². The first-order chi connectivity index (χ1) is 13.8. The largest absolute Gasteiger partial charge is 0.452 e. The Kier molecular flexibility index (Phi) is 6.73. The number of aliphatic hydroxyl groups is 1. The first-order valence-electron chi connectivity index (χ1n) is 10.2. The van der Waals surface area contributed by atoms with Crippen molar-refractivity contribution < 1.29 is 19.1 Å². The molecule has 0 unspecified atom stereocenters. The molecule has 2 aromatic rings. The van der Waals surface area contributed by atoms with Crippen LogP contribution in [0.2, 0.25) is 5.04 Å². The summed E-state index contributed by atoms with van der Waals surface area (Å²) in [7, 11) is -2.54. The van der Waals surface area contributed by atoms with E-state index in [1.54, 1.807) is 6.08 Å². The molecule has 0 amide bonds. The summed E-state index contributed by atoms with van der Waals surface area (Å²) >= 11 is 0. The van der Waals surface area contributed by atoms with Crippen molar-refractivity contribution in [2.24, 2.45) is 0 Å². The maximum atomic E-state index is 11.2. The van der Waals surface area contributed by atoms with Gasteiger partial charge in [-0.2, -0.15) is 0 Å². The maximum Gasteiger partial charge on any atom is 0.331 e. The van der Waals surface area contributed by atoms with Gasteiger partial charge in [0.2, 0.25) is 0 Å². The summed E-state index contributed by atoms with van der Waals surface area (Å²) < 4.78 is 11.9. The normalized spacial score (nSPS) is 17.9. The highest BCUT2D eigenvalue weighted by molar-refractivity contribution is 6.99. The second-order valence-electron chi connectivity index (χ2n) is 8.48. The lowest BCUT2D eigenvalue weighted by atomic mass is 10.1. The minimum atomic E-state index is -2.54. The number of esters is 1. The number of hydrogen-bond acceptors (Lipinski definition) is 4. The zero-order chi connectivity index (χ0) is 20.9. The van der Waals surface area contributed by atoms with Crippen LogP contribution in [-0.2, 0) is 14.0 Å². The van der Waals surface area contributed by atoms with Crippen molar-refractivity contribution in [3.8, 4) is 0 Å². The predicted octanol–water partition coefficient (Wildman–Crippen LogP) is 3.19. The fraction of sp³-hybridized carbons (Fsp3) is 0.375. The lowest BCUT2D eigenvalue weighted by Crippen LogP contribution is -2.66. The minimum absolute atomic E-state index is 0.0714. The summed E-state index contributed by atoms with van der Waals surface area (Å²) in [5.74, 6) is -0.391. The third kappa shape index (κ3) is 4.69. The summed E-state index contributed by atoms with van der Waals surface area (Å²) in [5.41, 5.74) is 0. The summed E-state index contributed by atoms with van der Waals surface area (Å²) in [4.78, 5) is 11.2. The lowest BCUT2D eigenvalue weighted by molar-refractivity contribution is -0.142. The van der Waals surface area contributed by atoms with Crippen LogP contribution >= 0.6 is 0 Å². The molecule has 0 radical (unpaired) electrons. The third-order valence-electron chi connectivity index (χ3n) is 5.43. The van der Waals surface area contributed by atoms with Gasteiger partial charge in [-0.05, 0) is 34.3 Å². The number of carbonyl (C=O) groups is 1. The molecule has 1 heterocycles. The van der Waals surface area contributed by atoms with Crippen LogP contribution in [0, 0.1) is 0 Å². The molecule has 1 aliphatic rings. The van der Waals surface area contributed by atoms with Gasteiger partial charge in [0.1, 0.15) is 6.10 Å². The molecule has 1 aliphatic heterocycles. The lowest BCUT2D eigenvalue weighted by Gasteiger charge is -2.43. The van der Waals surface area contributed by atoms with E-state index in [-0.39, 0.29) is 5.04 Å². The number of cyclic esters (lactones) is 1. The van der Waals surface area contributed by atoms with Crippen molar-refractivity contribution in [3.05, 3.63) is 72.8 Å². The van der Waals surface area contributed by atoms with Gasteiger partial charge in [-0.3, -0.25) is 0 Å². The Morgan fingerprint density at radius 3 is 2.03 bits per heavy atom. The van der Waals surface area contributed by atoms with Crippen molar-refractivity contribution >= 4 is 24.7 Å². The monoisotopic (exact) mass is 410 g/mol. The Bertz CT molecular complexity index is 787. The average molecular weight is 411 g/mol. The van der Waals surface area contributed by atoms with Crippen LogP contribution in [0.15, 0.2) is 72.8 Å². The average Bonchev–Trinajstić information content (AvgIpc) is 3.15. The quantitative estimate of drug-likeness (QED) is 0.413. The maximum absolute atomic E-state index is 11.2. The van der Waals surface area contributed by atoms with E-state index >= 15 is 0 Å². The van der Waals surface area contributed by atoms with Crippen LogP contribution in [-0.4, -0.2) is 38.2 Å². The SMILES string of the molecule is CC(C)(C)[Si](OCCC[C@@H](O)[C@@H]1C=CC(=O)O1)(c1ccccc1)c1ccccc1. The summed E-state index contributed by atoms with van der Waals surface area (Å²) in [6, 6.07) is 21.0. The predicted molar refractivity (Wildman–Crippen MR) is 118 cm³/mol. The van der Waals surface area contributed by atoms with Crippen molar-refractivity contribution in [2.75, 3.05) is 6.61 Å². The van der Waals surface area contributed by atoms with Crippen molar-refractivity contribution in [2.45, 2.75) is 50.9 Å². The van der Waals surface area contributed by atoms with E-state index in [9.17, 15) is 9.90 Å². The van der Waals surface area contributed by atoms with Crippen LogP contribution in [0.1, 0.15) is 33.6 Å². The molecule has 0 bridgehead atoms. The van der Waals surface area contributed by atoms with Gasteiger partial charge in [-0.25, -0.2) is 4.79 Å². The molecule has 0 aromatic heterocycles. The third-order valence-corrected chi connectivity index (χ3v) is 10.5. The van der Waals surface area contributed by atoms with E-state index in [4.69, 9.17) is 9.16 Å². The molecule has 5 heteroatoms. The van der Waals surface area contributed by atoms with Gasteiger partial charge in [-0.1, -0.05) is 81.4 Å². The molecule has 0 saturated carbocycles. The van der Waals surface area contributed by atoms with Gasteiger partial charge < -0.3 is 14.3 Å². The number of benzene rings is 2. The first kappa shape index (κ1) is 21.5. The van der Waals surface area contributed by atoms with Crippen LogP contribution in [0.4, 0.5) is 0 Å². The molecular weight excluding hydrogens is 380 g/mol. The van der Waals surface area contributed by atoms with Crippen LogP contribution in [0.25, 0.3) is 0 Å². The fourth-order valence-corrected chi connectivity index (χ4v) is 8.64. The van der Waals surface area contributed by atoms with Crippen molar-refractivity contribution in [1.29, 1.82) is 0 Å². The highest BCUT2D eigenvalue weighted by atomic mass is 28.4. The molecule has 3 rings (SSSR count). The Morgan fingerprint density at radius 1 is 1.03 bits per heavy atom. The Morgan fingerprint density at radius 2 is 1.59 bits per heavy atom. The van der Waals surface area contributed by atoms with Gasteiger partial charge in [0.15, 0.2) is 0 Å². The first-order valence-corrected chi connectivity index (χ1v) is 12.1. The Hall–Kier alpha value is -2.21. The zero-order valence-corrected chi connectivity index (χ0v) is 18.4. The second-order valence-corrected chi connectivity index (χ2v) is 12.8. The second kappa shape index (κ2) is 9.07. The molecule has 1 N–H and O–H groups in total. The molecule has 0 spiro atoms. The summed E-state index contributed by atoms with van der Waals surface area (Å²) in [6.07, 6.45) is 2.94. The molecule has 2 aromatic carbocycles. The number of ether oxygens (including phenoxy) is 1. The number of aliphatic hydroxyl groups excluding tert-OH is 1. The van der Waals surface area contributed by atoms with Crippen LogP contribution in [0.3, 0.4) is 0 Å². The van der Waals surface area contributed by atoms with E-state index in [1.165, 1.54) is 16.4 Å². The summed E-state index contributed by atoms with van der Waals surface area (Å²) in [6.45, 7) is 7.28. The minimum Gasteiger partial charge on any atom is -0.452 e. The summed E-state index contributed by atoms with van der Waals surface area (Å²) in [5, 5.41) is 12.7. The number of carbonyl (C=O) groups excluding carboxylic acids is 1. The topological polar surface area (TPSA) is 55.8 Å². The Balaban J connectivity index is 1.79. The molecule has 154 valence electrons. The molecule has 2 atom stereocenters. The van der Waals surface area contributed by atoms with E-state index in [0.717, 1.165) is 0 Å². The zero-order valence-electron chi connectivity index (χ0n) is 17.4. The van der Waals surface area contributed by atoms with Gasteiger partial charge >= 0.3 is 5.97 Å². The molecule has 0 aliphatic carbocycles. The Labute approximate surface area is 174 Å². The standard InChI is InChI=1S/C24H30O4Si/c1-24(2,3)29(19-11-6-4-7-12-19,20-13-8-5-9-14-20)27-18-10-15-21(25)22-16-17-23(26)28-22/h4-9,11-14,16-17,21-22,25H,10,15,18H2,1-3H3/t21-,22+/m1/s1. The molecule has 4 nitrogen and oxygen atoms in total. The molecule has 29 heavy (non-hydrogen) atoms. The van der Waals surface area contributed by atoms with Gasteiger partial charge in [0, 0.05) is 12.7 Å². The highest BCUT2D eigenvalue weighted by Crippen LogP contribution is 2.36. The highest BCUT2D eigenvalue weighted by Gasteiger charge is 2.49. The van der Waals surface area contributed by atoms with Gasteiger partial charge in [0.05, 0.1) is 6.10 Å². The number of rotatable bonds is 8. The van der Waals surface area contributed by atoms with E-state index in [2.05, 4.69) is 69.3 Å².